The van der Waals surface area contributed by atoms with E-state index in [2.05, 4.69) is 59.6 Å². The molecule has 1 aliphatic rings. The van der Waals surface area contributed by atoms with Gasteiger partial charge in [-0.15, -0.1) is 0 Å². The Balaban J connectivity index is 1.41. The molecule has 1 N–H and O–H groups in total. The number of nitrogens with one attached hydrogen (secondary N) is 1. The van der Waals surface area contributed by atoms with Gasteiger partial charge in [0, 0.05) is 31.6 Å². The fourth-order valence-corrected chi connectivity index (χ4v) is 4.02. The van der Waals surface area contributed by atoms with Crippen LogP contribution in [-0.4, -0.2) is 43.6 Å². The highest BCUT2D eigenvalue weighted by Crippen LogP contribution is 2.18. The van der Waals surface area contributed by atoms with Crippen LogP contribution < -0.4 is 10.1 Å². The fourth-order valence-electron chi connectivity index (χ4n) is 4.02. The number of benzene rings is 2. The van der Waals surface area contributed by atoms with E-state index < -0.39 is 0 Å². The van der Waals surface area contributed by atoms with Gasteiger partial charge in [0.2, 0.25) is 5.91 Å². The summed E-state index contributed by atoms with van der Waals surface area (Å²) < 4.78 is 5.22. The van der Waals surface area contributed by atoms with Crippen LogP contribution in [0.5, 0.6) is 5.75 Å². The van der Waals surface area contributed by atoms with Crippen molar-refractivity contribution in [1.82, 2.24) is 10.2 Å². The van der Waals surface area contributed by atoms with Gasteiger partial charge in [-0.05, 0) is 55.4 Å². The Morgan fingerprint density at radius 2 is 1.76 bits per heavy atom. The third kappa shape index (κ3) is 6.60. The summed E-state index contributed by atoms with van der Waals surface area (Å²) in [5, 5.41) is 3.32. The first-order valence-electron chi connectivity index (χ1n) is 10.9. The summed E-state index contributed by atoms with van der Waals surface area (Å²) in [4.78, 5) is 15.3. The first-order valence-corrected chi connectivity index (χ1v) is 10.9. The van der Waals surface area contributed by atoms with E-state index in [0.29, 0.717) is 6.04 Å². The van der Waals surface area contributed by atoms with Crippen LogP contribution in [0.3, 0.4) is 0 Å². The van der Waals surface area contributed by atoms with Gasteiger partial charge in [-0.25, -0.2) is 0 Å². The maximum atomic E-state index is 12.8. The number of piperidine rings is 1. The zero-order chi connectivity index (χ0) is 20.5. The van der Waals surface area contributed by atoms with Gasteiger partial charge in [0.05, 0.1) is 7.11 Å². The molecule has 0 bridgehead atoms. The van der Waals surface area contributed by atoms with E-state index in [4.69, 9.17) is 4.74 Å². The largest absolute Gasteiger partial charge is 0.497 e. The molecule has 1 fully saturated rings. The van der Waals surface area contributed by atoms with Crippen molar-refractivity contribution in [1.29, 1.82) is 0 Å². The van der Waals surface area contributed by atoms with E-state index in [1.54, 1.807) is 7.11 Å². The molecule has 1 heterocycles. The maximum Gasteiger partial charge on any atom is 0.223 e. The van der Waals surface area contributed by atoms with Crippen LogP contribution in [0.25, 0.3) is 0 Å². The molecule has 1 aliphatic heterocycles. The van der Waals surface area contributed by atoms with Gasteiger partial charge in [-0.2, -0.15) is 0 Å². The van der Waals surface area contributed by atoms with Crippen molar-refractivity contribution in [3.63, 3.8) is 0 Å². The van der Waals surface area contributed by atoms with Gasteiger partial charge in [0.15, 0.2) is 0 Å². The van der Waals surface area contributed by atoms with E-state index in [1.807, 2.05) is 12.1 Å². The Morgan fingerprint density at radius 3 is 2.38 bits per heavy atom. The van der Waals surface area contributed by atoms with Crippen LogP contribution in [0.1, 0.15) is 37.3 Å². The number of methoxy groups -OCH3 is 1. The smallest absolute Gasteiger partial charge is 0.223 e. The predicted molar refractivity (Wildman–Crippen MR) is 118 cm³/mol. The number of likely N-dealkylation sites (tertiary alicyclic amines) is 1. The number of hydrogen-bond acceptors (Lipinski definition) is 3. The minimum atomic E-state index is 0.0273. The van der Waals surface area contributed by atoms with Gasteiger partial charge in [-0.3, -0.25) is 4.79 Å². The maximum absolute atomic E-state index is 12.8. The number of amides is 1. The lowest BCUT2D eigenvalue weighted by atomic mass is 9.95. The second kappa shape index (κ2) is 11.0. The van der Waals surface area contributed by atoms with Crippen molar-refractivity contribution in [2.45, 2.75) is 45.1 Å². The Hall–Kier alpha value is -2.33. The number of carbonyl (C=O) groups excluding carboxylic acids is 1. The normalized spacial score (nSPS) is 16.3. The minimum Gasteiger partial charge on any atom is -0.497 e. The van der Waals surface area contributed by atoms with Crippen LogP contribution >= 0.6 is 0 Å². The molecule has 0 spiro atoms. The number of carbonyl (C=O) groups is 1. The van der Waals surface area contributed by atoms with Gasteiger partial charge in [0.25, 0.3) is 0 Å². The van der Waals surface area contributed by atoms with Crippen LogP contribution in [0, 0.1) is 5.92 Å². The van der Waals surface area contributed by atoms with E-state index >= 15 is 0 Å². The van der Waals surface area contributed by atoms with Crippen LogP contribution in [0.4, 0.5) is 0 Å². The predicted octanol–water partition coefficient (Wildman–Crippen LogP) is 4.09. The molecule has 3 rings (SSSR count). The second-order valence-corrected chi connectivity index (χ2v) is 8.02. The van der Waals surface area contributed by atoms with Crippen LogP contribution in [0.2, 0.25) is 0 Å². The molecule has 29 heavy (non-hydrogen) atoms. The molecule has 1 amide bonds. The molecule has 2 aromatic carbocycles. The summed E-state index contributed by atoms with van der Waals surface area (Å²) in [6, 6.07) is 19.0. The van der Waals surface area contributed by atoms with Crippen LogP contribution in [0.15, 0.2) is 54.6 Å². The van der Waals surface area contributed by atoms with Crippen molar-refractivity contribution in [2.24, 2.45) is 5.92 Å². The minimum absolute atomic E-state index is 0.0273. The Morgan fingerprint density at radius 1 is 1.07 bits per heavy atom. The van der Waals surface area contributed by atoms with E-state index in [9.17, 15) is 4.79 Å². The molecule has 1 saturated heterocycles. The second-order valence-electron chi connectivity index (χ2n) is 8.02. The SMILES string of the molecule is CCC(Cc1ccc(OC)cc1)C(=O)NC1CCN(CCc2ccccc2)CC1. The molecular formula is C25H34N2O2. The van der Waals surface area contributed by atoms with E-state index in [1.165, 1.54) is 11.1 Å². The van der Waals surface area contributed by atoms with Crippen molar-refractivity contribution in [3.8, 4) is 5.75 Å². The number of ether oxygens (including phenoxy) is 1. The fraction of sp³-hybridized carbons (Fsp3) is 0.480. The molecule has 1 unspecified atom stereocenters. The molecule has 4 heteroatoms. The number of rotatable bonds is 9. The van der Waals surface area contributed by atoms with Crippen molar-refractivity contribution < 1.29 is 9.53 Å². The number of hydrogen-bond donors (Lipinski definition) is 1. The molecule has 0 aliphatic carbocycles. The summed E-state index contributed by atoms with van der Waals surface area (Å²) in [7, 11) is 1.67. The number of nitrogens with zero attached hydrogens (tertiary/aromatic N) is 1. The molecule has 2 aromatic rings. The van der Waals surface area contributed by atoms with E-state index in [-0.39, 0.29) is 11.8 Å². The Bertz CT molecular complexity index is 737. The summed E-state index contributed by atoms with van der Waals surface area (Å²) in [5.74, 6) is 1.08. The van der Waals surface area contributed by atoms with Crippen molar-refractivity contribution >= 4 is 5.91 Å². The average molecular weight is 395 g/mol. The first kappa shape index (κ1) is 21.4. The zero-order valence-corrected chi connectivity index (χ0v) is 17.8. The third-order valence-electron chi connectivity index (χ3n) is 6.00. The summed E-state index contributed by atoms with van der Waals surface area (Å²) in [5.41, 5.74) is 2.58. The van der Waals surface area contributed by atoms with Crippen molar-refractivity contribution in [2.75, 3.05) is 26.7 Å². The average Bonchev–Trinajstić information content (AvgIpc) is 2.78. The zero-order valence-electron chi connectivity index (χ0n) is 17.8. The highest BCUT2D eigenvalue weighted by molar-refractivity contribution is 5.79. The summed E-state index contributed by atoms with van der Waals surface area (Å²) in [6.07, 6.45) is 4.81. The highest BCUT2D eigenvalue weighted by Gasteiger charge is 2.24. The van der Waals surface area contributed by atoms with Gasteiger partial charge in [0.1, 0.15) is 5.75 Å². The molecular weight excluding hydrogens is 360 g/mol. The molecule has 0 aromatic heterocycles. The van der Waals surface area contributed by atoms with Gasteiger partial charge >= 0.3 is 0 Å². The monoisotopic (exact) mass is 394 g/mol. The lowest BCUT2D eigenvalue weighted by Crippen LogP contribution is -2.46. The first-order chi connectivity index (χ1) is 14.2. The Kier molecular flexibility index (Phi) is 8.12. The molecule has 0 radical (unpaired) electrons. The topological polar surface area (TPSA) is 41.6 Å². The lowest BCUT2D eigenvalue weighted by molar-refractivity contribution is -0.126. The summed E-state index contributed by atoms with van der Waals surface area (Å²) >= 11 is 0. The van der Waals surface area contributed by atoms with Crippen LogP contribution in [-0.2, 0) is 17.6 Å². The van der Waals surface area contributed by atoms with Crippen molar-refractivity contribution in [3.05, 3.63) is 65.7 Å². The van der Waals surface area contributed by atoms with E-state index in [0.717, 1.165) is 57.5 Å². The Labute approximate surface area is 175 Å². The molecule has 156 valence electrons. The third-order valence-corrected chi connectivity index (χ3v) is 6.00. The molecule has 4 nitrogen and oxygen atoms in total. The molecule has 0 saturated carbocycles. The van der Waals surface area contributed by atoms with Gasteiger partial charge in [-0.1, -0.05) is 49.4 Å². The molecule has 1 atom stereocenters. The van der Waals surface area contributed by atoms with Gasteiger partial charge < -0.3 is 15.0 Å². The standard InChI is InChI=1S/C25H34N2O2/c1-3-22(19-21-9-11-24(29-2)12-10-21)25(28)26-23-14-17-27(18-15-23)16-13-20-7-5-4-6-8-20/h4-12,22-23H,3,13-19H2,1-2H3,(H,26,28). The highest BCUT2D eigenvalue weighted by atomic mass is 16.5. The lowest BCUT2D eigenvalue weighted by Gasteiger charge is -2.33. The quantitative estimate of drug-likeness (QED) is 0.697. The summed E-state index contributed by atoms with van der Waals surface area (Å²) in [6.45, 7) is 5.32.